The van der Waals surface area contributed by atoms with Crippen LogP contribution in [0.15, 0.2) is 24.3 Å². The number of piperidine rings is 1. The summed E-state index contributed by atoms with van der Waals surface area (Å²) in [5.74, 6) is 0.795. The van der Waals surface area contributed by atoms with Crippen molar-refractivity contribution in [1.82, 2.24) is 10.2 Å². The second-order valence-electron chi connectivity index (χ2n) is 6.58. The predicted molar refractivity (Wildman–Crippen MR) is 105 cm³/mol. The first kappa shape index (κ1) is 22.0. The van der Waals surface area contributed by atoms with Gasteiger partial charge in [0.2, 0.25) is 5.91 Å². The zero-order chi connectivity index (χ0) is 16.1. The van der Waals surface area contributed by atoms with Gasteiger partial charge in [0.1, 0.15) is 5.82 Å². The Labute approximate surface area is 162 Å². The van der Waals surface area contributed by atoms with Crippen molar-refractivity contribution in [3.05, 3.63) is 30.1 Å². The average molecular weight is 392 g/mol. The van der Waals surface area contributed by atoms with Crippen LogP contribution in [-0.4, -0.2) is 50.1 Å². The molecule has 0 radical (unpaired) electrons. The number of piperazine rings is 1. The topological polar surface area (TPSA) is 35.6 Å². The minimum absolute atomic E-state index is 0. The van der Waals surface area contributed by atoms with Gasteiger partial charge in [0.05, 0.1) is 0 Å². The summed E-state index contributed by atoms with van der Waals surface area (Å²) >= 11 is 0. The van der Waals surface area contributed by atoms with E-state index in [-0.39, 0.29) is 30.6 Å². The van der Waals surface area contributed by atoms with E-state index in [0.717, 1.165) is 51.4 Å². The van der Waals surface area contributed by atoms with Crippen LogP contribution in [-0.2, 0) is 4.79 Å². The van der Waals surface area contributed by atoms with Crippen molar-refractivity contribution in [1.29, 1.82) is 0 Å². The number of amides is 1. The highest BCUT2D eigenvalue weighted by molar-refractivity contribution is 5.85. The van der Waals surface area contributed by atoms with E-state index < -0.39 is 0 Å². The third kappa shape index (κ3) is 6.32. The molecule has 1 aromatic carbocycles. The molecule has 1 aromatic rings. The van der Waals surface area contributed by atoms with Crippen molar-refractivity contribution in [3.8, 4) is 0 Å². The number of anilines is 1. The van der Waals surface area contributed by atoms with Gasteiger partial charge in [0, 0.05) is 38.3 Å². The summed E-state index contributed by atoms with van der Waals surface area (Å²) in [5, 5.41) is 3.37. The van der Waals surface area contributed by atoms with Gasteiger partial charge in [0.25, 0.3) is 0 Å². The van der Waals surface area contributed by atoms with Crippen LogP contribution in [0.1, 0.15) is 25.7 Å². The summed E-state index contributed by atoms with van der Waals surface area (Å²) < 4.78 is 13.0. The molecule has 1 N–H and O–H groups in total. The van der Waals surface area contributed by atoms with Gasteiger partial charge in [0.15, 0.2) is 0 Å². The second-order valence-corrected chi connectivity index (χ2v) is 6.58. The Morgan fingerprint density at radius 1 is 1.04 bits per heavy atom. The van der Waals surface area contributed by atoms with Crippen molar-refractivity contribution in [3.63, 3.8) is 0 Å². The van der Waals surface area contributed by atoms with Crippen molar-refractivity contribution in [2.45, 2.75) is 25.7 Å². The summed E-state index contributed by atoms with van der Waals surface area (Å²) in [5.41, 5.74) is 1.04. The van der Waals surface area contributed by atoms with Crippen molar-refractivity contribution >= 4 is 36.4 Å². The molecule has 0 bridgehead atoms. The smallest absolute Gasteiger partial charge is 0.222 e. The maximum absolute atomic E-state index is 13.0. The molecular formula is C18H28Cl2FN3O. The van der Waals surface area contributed by atoms with Gasteiger partial charge in [-0.05, 0) is 62.5 Å². The molecule has 7 heteroatoms. The molecule has 0 unspecified atom stereocenters. The van der Waals surface area contributed by atoms with E-state index in [2.05, 4.69) is 10.2 Å². The molecule has 4 nitrogen and oxygen atoms in total. The highest BCUT2D eigenvalue weighted by Crippen LogP contribution is 2.20. The van der Waals surface area contributed by atoms with E-state index in [0.29, 0.717) is 18.2 Å². The molecule has 1 amide bonds. The van der Waals surface area contributed by atoms with Crippen LogP contribution in [0.3, 0.4) is 0 Å². The average Bonchev–Trinajstić information content (AvgIpc) is 2.61. The summed E-state index contributed by atoms with van der Waals surface area (Å²) in [4.78, 5) is 16.6. The monoisotopic (exact) mass is 391 g/mol. The number of hydrogen-bond donors (Lipinski definition) is 1. The van der Waals surface area contributed by atoms with E-state index in [9.17, 15) is 9.18 Å². The van der Waals surface area contributed by atoms with Gasteiger partial charge in [-0.1, -0.05) is 0 Å². The summed E-state index contributed by atoms with van der Waals surface area (Å²) in [7, 11) is 0. The number of hydrogen-bond acceptors (Lipinski definition) is 3. The van der Waals surface area contributed by atoms with Crippen LogP contribution in [0.4, 0.5) is 10.1 Å². The molecule has 0 atom stereocenters. The molecule has 0 aromatic heterocycles. The molecule has 0 saturated carbocycles. The SMILES string of the molecule is Cl.Cl.O=C(CCC1CCNCC1)N1CCN(c2ccc(F)cc2)CC1. The zero-order valence-corrected chi connectivity index (χ0v) is 16.1. The lowest BCUT2D eigenvalue weighted by Crippen LogP contribution is -2.48. The van der Waals surface area contributed by atoms with Crippen molar-refractivity contribution in [2.75, 3.05) is 44.2 Å². The number of rotatable bonds is 4. The molecule has 2 aliphatic rings. The number of nitrogens with zero attached hydrogens (tertiary/aromatic N) is 2. The first-order valence-corrected chi connectivity index (χ1v) is 8.71. The summed E-state index contributed by atoms with van der Waals surface area (Å²) in [6, 6.07) is 6.60. The molecule has 3 rings (SSSR count). The first-order chi connectivity index (χ1) is 11.2. The Morgan fingerprint density at radius 3 is 2.24 bits per heavy atom. The largest absolute Gasteiger partial charge is 0.368 e. The van der Waals surface area contributed by atoms with Gasteiger partial charge < -0.3 is 15.1 Å². The number of nitrogens with one attached hydrogen (secondary N) is 1. The minimum Gasteiger partial charge on any atom is -0.368 e. The Morgan fingerprint density at radius 2 is 1.64 bits per heavy atom. The van der Waals surface area contributed by atoms with E-state index in [1.165, 1.54) is 25.0 Å². The zero-order valence-electron chi connectivity index (χ0n) is 14.5. The first-order valence-electron chi connectivity index (χ1n) is 8.71. The minimum atomic E-state index is -0.208. The summed E-state index contributed by atoms with van der Waals surface area (Å²) in [6.07, 6.45) is 4.11. The Bertz CT molecular complexity index is 516. The number of halogens is 3. The lowest BCUT2D eigenvalue weighted by Gasteiger charge is -2.36. The number of carbonyl (C=O) groups is 1. The van der Waals surface area contributed by atoms with Crippen LogP contribution in [0.2, 0.25) is 0 Å². The van der Waals surface area contributed by atoms with Crippen molar-refractivity contribution < 1.29 is 9.18 Å². The third-order valence-corrected chi connectivity index (χ3v) is 5.05. The van der Waals surface area contributed by atoms with Gasteiger partial charge in [-0.15, -0.1) is 24.8 Å². The normalized spacial score (nSPS) is 18.3. The number of carbonyl (C=O) groups excluding carboxylic acids is 1. The fourth-order valence-corrected chi connectivity index (χ4v) is 3.52. The fourth-order valence-electron chi connectivity index (χ4n) is 3.52. The van der Waals surface area contributed by atoms with Crippen LogP contribution >= 0.6 is 24.8 Å². The molecule has 2 fully saturated rings. The lowest BCUT2D eigenvalue weighted by atomic mass is 9.93. The summed E-state index contributed by atoms with van der Waals surface area (Å²) in [6.45, 7) is 5.37. The number of benzene rings is 1. The maximum Gasteiger partial charge on any atom is 0.222 e. The van der Waals surface area contributed by atoms with Gasteiger partial charge in [-0.2, -0.15) is 0 Å². The molecule has 2 heterocycles. The van der Waals surface area contributed by atoms with Crippen LogP contribution in [0.5, 0.6) is 0 Å². The van der Waals surface area contributed by atoms with E-state index in [4.69, 9.17) is 0 Å². The van der Waals surface area contributed by atoms with Gasteiger partial charge in [-0.25, -0.2) is 4.39 Å². The molecule has 2 saturated heterocycles. The van der Waals surface area contributed by atoms with E-state index >= 15 is 0 Å². The lowest BCUT2D eigenvalue weighted by molar-refractivity contribution is -0.131. The quantitative estimate of drug-likeness (QED) is 0.856. The Kier molecular flexibility index (Phi) is 9.54. The predicted octanol–water partition coefficient (Wildman–Crippen LogP) is 3.10. The van der Waals surface area contributed by atoms with Crippen molar-refractivity contribution in [2.24, 2.45) is 5.92 Å². The van der Waals surface area contributed by atoms with Gasteiger partial charge in [-0.3, -0.25) is 4.79 Å². The molecule has 142 valence electrons. The third-order valence-electron chi connectivity index (χ3n) is 5.05. The molecule has 25 heavy (non-hydrogen) atoms. The Balaban J connectivity index is 0.00000156. The molecular weight excluding hydrogens is 364 g/mol. The van der Waals surface area contributed by atoms with Gasteiger partial charge >= 0.3 is 0 Å². The van der Waals surface area contributed by atoms with Crippen LogP contribution < -0.4 is 10.2 Å². The standard InChI is InChI=1S/C18H26FN3O.2ClH/c19-16-2-4-17(5-3-16)21-11-13-22(14-12-21)18(23)6-1-15-7-9-20-10-8-15;;/h2-5,15,20H,1,6-14H2;2*1H. The fraction of sp³-hybridized carbons (Fsp3) is 0.611. The highest BCUT2D eigenvalue weighted by Gasteiger charge is 2.22. The molecule has 0 aliphatic carbocycles. The molecule has 2 aliphatic heterocycles. The maximum atomic E-state index is 13.0. The van der Waals surface area contributed by atoms with Crippen LogP contribution in [0.25, 0.3) is 0 Å². The highest BCUT2D eigenvalue weighted by atomic mass is 35.5. The van der Waals surface area contributed by atoms with Crippen LogP contribution in [0, 0.1) is 11.7 Å². The van der Waals surface area contributed by atoms with E-state index in [1.807, 2.05) is 17.0 Å². The Hall–Kier alpha value is -1.04. The van der Waals surface area contributed by atoms with E-state index in [1.54, 1.807) is 0 Å². The second kappa shape index (κ2) is 10.8. The molecule has 0 spiro atoms.